The van der Waals surface area contributed by atoms with Crippen molar-refractivity contribution in [3.63, 3.8) is 0 Å². The number of nitrogens with zero attached hydrogens (tertiary/aromatic N) is 1. The number of hydrogen-bond acceptors (Lipinski definition) is 3. The van der Waals surface area contributed by atoms with Crippen molar-refractivity contribution in [2.24, 2.45) is 0 Å². The second kappa shape index (κ2) is 11.5. The lowest BCUT2D eigenvalue weighted by Gasteiger charge is -2.27. The fraction of sp³-hybridized carbons (Fsp3) is 0.0500. The molecule has 1 unspecified atom stereocenters. The van der Waals surface area contributed by atoms with Gasteiger partial charge in [0.1, 0.15) is 11.7 Å². The highest BCUT2D eigenvalue weighted by molar-refractivity contribution is 6.27. The summed E-state index contributed by atoms with van der Waals surface area (Å²) in [7, 11) is 0. The minimum absolute atomic E-state index is 0.245. The minimum atomic E-state index is 0.245. The molecule has 4 nitrogen and oxygen atoms in total. The molecule has 1 aliphatic heterocycles. The van der Waals surface area contributed by atoms with E-state index >= 15 is 0 Å². The molecule has 212 valence electrons. The van der Waals surface area contributed by atoms with E-state index in [1.807, 2.05) is 72.8 Å². The summed E-state index contributed by atoms with van der Waals surface area (Å²) in [6.07, 6.45) is 0. The first-order chi connectivity index (χ1) is 21.6. The molecule has 0 saturated carbocycles. The zero-order valence-electron chi connectivity index (χ0n) is 24.5. The van der Waals surface area contributed by atoms with E-state index in [1.165, 1.54) is 11.1 Å². The molecule has 0 aliphatic carbocycles. The third-order valence-corrected chi connectivity index (χ3v) is 8.41. The molecular formula is C40H32N4. The van der Waals surface area contributed by atoms with E-state index in [-0.39, 0.29) is 11.7 Å². The molecule has 6 aromatic carbocycles. The predicted molar refractivity (Wildman–Crippen MR) is 184 cm³/mol. The van der Waals surface area contributed by atoms with Gasteiger partial charge in [0.2, 0.25) is 0 Å². The summed E-state index contributed by atoms with van der Waals surface area (Å²) < 4.78 is 0. The highest BCUT2D eigenvalue weighted by Gasteiger charge is 2.23. The van der Waals surface area contributed by atoms with Gasteiger partial charge >= 0.3 is 0 Å². The SMILES string of the molecule is CC1c2ccccc2Nc2cc(-c3ccccc3-c3cccc(C(=N)N(C(=N)c4ccccc4)c4ccccc4)c3)ccc21. The van der Waals surface area contributed by atoms with Crippen molar-refractivity contribution in [2.75, 3.05) is 10.2 Å². The average Bonchev–Trinajstić information content (AvgIpc) is 3.09. The monoisotopic (exact) mass is 568 g/mol. The van der Waals surface area contributed by atoms with Crippen molar-refractivity contribution >= 4 is 28.7 Å². The molecule has 6 aromatic rings. The summed E-state index contributed by atoms with van der Waals surface area (Å²) in [5.41, 5.74) is 11.5. The van der Waals surface area contributed by atoms with Gasteiger partial charge in [-0.3, -0.25) is 15.7 Å². The summed E-state index contributed by atoms with van der Waals surface area (Å²) in [6, 6.07) is 51.1. The van der Waals surface area contributed by atoms with Gasteiger partial charge in [0.05, 0.1) is 0 Å². The first-order valence-corrected chi connectivity index (χ1v) is 14.9. The summed E-state index contributed by atoms with van der Waals surface area (Å²) >= 11 is 0. The van der Waals surface area contributed by atoms with Crippen LogP contribution in [0.4, 0.5) is 17.1 Å². The van der Waals surface area contributed by atoms with Crippen molar-refractivity contribution in [1.82, 2.24) is 0 Å². The van der Waals surface area contributed by atoms with E-state index in [9.17, 15) is 5.41 Å². The fourth-order valence-electron chi connectivity index (χ4n) is 6.13. The first kappa shape index (κ1) is 27.1. The van der Waals surface area contributed by atoms with Crippen molar-refractivity contribution in [3.05, 3.63) is 174 Å². The quantitative estimate of drug-likeness (QED) is 0.143. The fourth-order valence-corrected chi connectivity index (χ4v) is 6.13. The van der Waals surface area contributed by atoms with Gasteiger partial charge in [-0.15, -0.1) is 0 Å². The van der Waals surface area contributed by atoms with Gasteiger partial charge in [0, 0.05) is 34.1 Å². The Labute approximate surface area is 258 Å². The van der Waals surface area contributed by atoms with Crippen LogP contribution in [0.1, 0.15) is 35.1 Å². The van der Waals surface area contributed by atoms with Gasteiger partial charge in [-0.05, 0) is 63.7 Å². The lowest BCUT2D eigenvalue weighted by Crippen LogP contribution is -2.37. The molecule has 44 heavy (non-hydrogen) atoms. The summed E-state index contributed by atoms with van der Waals surface area (Å²) in [5.74, 6) is 0.816. The van der Waals surface area contributed by atoms with E-state index in [1.54, 1.807) is 4.90 Å². The lowest BCUT2D eigenvalue weighted by molar-refractivity contribution is 0.912. The highest BCUT2D eigenvalue weighted by Crippen LogP contribution is 2.43. The topological polar surface area (TPSA) is 63.0 Å². The van der Waals surface area contributed by atoms with Crippen LogP contribution in [-0.4, -0.2) is 11.7 Å². The number of nitrogens with one attached hydrogen (secondary N) is 3. The van der Waals surface area contributed by atoms with Gasteiger partial charge in [-0.25, -0.2) is 0 Å². The van der Waals surface area contributed by atoms with Gasteiger partial charge in [0.15, 0.2) is 0 Å². The van der Waals surface area contributed by atoms with Crippen LogP contribution in [0.2, 0.25) is 0 Å². The number of anilines is 3. The molecule has 0 fully saturated rings. The predicted octanol–water partition coefficient (Wildman–Crippen LogP) is 10.1. The second-order valence-electron chi connectivity index (χ2n) is 11.1. The maximum Gasteiger partial charge on any atom is 0.138 e. The maximum atomic E-state index is 9.34. The third kappa shape index (κ3) is 4.97. The highest BCUT2D eigenvalue weighted by atomic mass is 15.2. The summed E-state index contributed by atoms with van der Waals surface area (Å²) in [6.45, 7) is 2.27. The van der Waals surface area contributed by atoms with Crippen LogP contribution in [0, 0.1) is 10.8 Å². The Kier molecular flexibility index (Phi) is 7.09. The average molecular weight is 569 g/mol. The van der Waals surface area contributed by atoms with Crippen LogP contribution >= 0.6 is 0 Å². The van der Waals surface area contributed by atoms with Crippen LogP contribution in [0.5, 0.6) is 0 Å². The molecule has 0 bridgehead atoms. The Bertz CT molecular complexity index is 2000. The van der Waals surface area contributed by atoms with E-state index in [0.29, 0.717) is 5.92 Å². The Morgan fingerprint density at radius 1 is 0.523 bits per heavy atom. The minimum Gasteiger partial charge on any atom is -0.355 e. The summed E-state index contributed by atoms with van der Waals surface area (Å²) in [4.78, 5) is 1.70. The Hall–Kier alpha value is -5.74. The van der Waals surface area contributed by atoms with Gasteiger partial charge in [0.25, 0.3) is 0 Å². The standard InChI is InChI=1S/C40H32N4/c1-27-33-19-10-11-22-37(33)43-38-26-30(23-24-34(27)38)36-21-9-8-20-35(36)29-15-12-16-31(25-29)40(42)44(32-17-6-3-7-18-32)39(41)28-13-4-2-5-14-28/h2-27,41-43H,1H3. The van der Waals surface area contributed by atoms with E-state index in [2.05, 4.69) is 91.1 Å². The van der Waals surface area contributed by atoms with Crippen molar-refractivity contribution in [3.8, 4) is 22.3 Å². The van der Waals surface area contributed by atoms with E-state index in [0.717, 1.165) is 50.4 Å². The molecule has 0 amide bonds. The molecule has 7 rings (SSSR count). The molecule has 1 aliphatic rings. The number of benzene rings is 6. The normalized spacial score (nSPS) is 13.2. The molecule has 0 aromatic heterocycles. The van der Waals surface area contributed by atoms with Gasteiger partial charge in [-0.1, -0.05) is 128 Å². The van der Waals surface area contributed by atoms with Crippen LogP contribution in [0.3, 0.4) is 0 Å². The second-order valence-corrected chi connectivity index (χ2v) is 11.1. The zero-order chi connectivity index (χ0) is 30.0. The molecule has 0 spiro atoms. The third-order valence-electron chi connectivity index (χ3n) is 8.41. The number of para-hydroxylation sites is 2. The molecule has 1 heterocycles. The first-order valence-electron chi connectivity index (χ1n) is 14.9. The Balaban J connectivity index is 1.26. The van der Waals surface area contributed by atoms with Crippen LogP contribution in [0.25, 0.3) is 22.3 Å². The smallest absolute Gasteiger partial charge is 0.138 e. The van der Waals surface area contributed by atoms with Gasteiger partial charge < -0.3 is 5.32 Å². The van der Waals surface area contributed by atoms with Crippen molar-refractivity contribution in [2.45, 2.75) is 12.8 Å². The lowest BCUT2D eigenvalue weighted by atomic mass is 9.85. The molecule has 0 radical (unpaired) electrons. The Morgan fingerprint density at radius 3 is 1.84 bits per heavy atom. The number of fused-ring (bicyclic) bond motifs is 2. The number of rotatable bonds is 5. The molecule has 1 atom stereocenters. The van der Waals surface area contributed by atoms with Crippen LogP contribution in [0.15, 0.2) is 152 Å². The number of amidine groups is 2. The van der Waals surface area contributed by atoms with Gasteiger partial charge in [-0.2, -0.15) is 0 Å². The van der Waals surface area contributed by atoms with Crippen LogP contribution < -0.4 is 10.2 Å². The maximum absolute atomic E-state index is 9.34. The number of hydrogen-bond donors (Lipinski definition) is 3. The Morgan fingerprint density at radius 2 is 1.09 bits per heavy atom. The molecule has 0 saturated heterocycles. The largest absolute Gasteiger partial charge is 0.355 e. The van der Waals surface area contributed by atoms with Crippen LogP contribution in [-0.2, 0) is 0 Å². The molecule has 3 N–H and O–H groups in total. The van der Waals surface area contributed by atoms with E-state index < -0.39 is 0 Å². The molecular weight excluding hydrogens is 536 g/mol. The van der Waals surface area contributed by atoms with Crippen molar-refractivity contribution < 1.29 is 0 Å². The van der Waals surface area contributed by atoms with E-state index in [4.69, 9.17) is 5.41 Å². The summed E-state index contributed by atoms with van der Waals surface area (Å²) in [5, 5.41) is 22.1. The zero-order valence-corrected chi connectivity index (χ0v) is 24.5. The molecule has 4 heteroatoms. The van der Waals surface area contributed by atoms with Crippen molar-refractivity contribution in [1.29, 1.82) is 10.8 Å².